The van der Waals surface area contributed by atoms with Gasteiger partial charge in [0.2, 0.25) is 0 Å². The first-order valence-corrected chi connectivity index (χ1v) is 11.1. The maximum Gasteiger partial charge on any atom is 0.251 e. The lowest BCUT2D eigenvalue weighted by atomic mass is 10.1. The number of aryl methyl sites for hydroxylation is 2. The second kappa shape index (κ2) is 9.83. The summed E-state index contributed by atoms with van der Waals surface area (Å²) in [5.41, 5.74) is 6.85. The summed E-state index contributed by atoms with van der Waals surface area (Å²) in [6.45, 7) is 6.31. The van der Waals surface area contributed by atoms with Crippen molar-refractivity contribution in [1.29, 1.82) is 0 Å². The maximum absolute atomic E-state index is 12.6. The second-order valence-electron chi connectivity index (χ2n) is 8.56. The van der Waals surface area contributed by atoms with Crippen LogP contribution in [0.2, 0.25) is 0 Å². The molecule has 2 aromatic carbocycles. The minimum Gasteiger partial charge on any atom is -0.365 e. The molecule has 0 saturated heterocycles. The number of carbonyl (C=O) groups excluding carboxylic acids is 1. The third-order valence-electron chi connectivity index (χ3n) is 5.59. The van der Waals surface area contributed by atoms with E-state index in [1.54, 1.807) is 6.20 Å². The van der Waals surface area contributed by atoms with Crippen molar-refractivity contribution in [3.63, 3.8) is 0 Å². The van der Waals surface area contributed by atoms with Crippen LogP contribution in [0, 0.1) is 13.8 Å². The van der Waals surface area contributed by atoms with Crippen molar-refractivity contribution in [2.75, 3.05) is 32.5 Å². The zero-order valence-electron chi connectivity index (χ0n) is 19.6. The van der Waals surface area contributed by atoms with Gasteiger partial charge in [0, 0.05) is 30.8 Å². The average Bonchev–Trinajstić information content (AvgIpc) is 3.21. The predicted molar refractivity (Wildman–Crippen MR) is 133 cm³/mol. The molecule has 0 aliphatic heterocycles. The van der Waals surface area contributed by atoms with Crippen LogP contribution in [-0.2, 0) is 6.54 Å². The summed E-state index contributed by atoms with van der Waals surface area (Å²) in [4.78, 5) is 19.1. The Labute approximate surface area is 194 Å². The summed E-state index contributed by atoms with van der Waals surface area (Å²) in [6.07, 6.45) is 1.79. The Morgan fingerprint density at radius 2 is 1.91 bits per heavy atom. The number of benzene rings is 2. The van der Waals surface area contributed by atoms with E-state index >= 15 is 0 Å². The van der Waals surface area contributed by atoms with Gasteiger partial charge in [-0.15, -0.1) is 5.10 Å². The smallest absolute Gasteiger partial charge is 0.251 e. The Kier molecular flexibility index (Phi) is 6.70. The zero-order chi connectivity index (χ0) is 23.4. The third-order valence-corrected chi connectivity index (χ3v) is 5.59. The number of imidazole rings is 1. The van der Waals surface area contributed by atoms with E-state index in [2.05, 4.69) is 47.7 Å². The minimum atomic E-state index is -0.0868. The van der Waals surface area contributed by atoms with Crippen LogP contribution >= 0.6 is 0 Å². The largest absolute Gasteiger partial charge is 0.365 e. The Morgan fingerprint density at radius 3 is 2.70 bits per heavy atom. The monoisotopic (exact) mass is 442 g/mol. The number of carbonyl (C=O) groups is 1. The summed E-state index contributed by atoms with van der Waals surface area (Å²) < 4.78 is 1.81. The van der Waals surface area contributed by atoms with E-state index in [1.165, 1.54) is 16.7 Å². The molecule has 0 bridgehead atoms. The summed E-state index contributed by atoms with van der Waals surface area (Å²) in [7, 11) is 3.96. The van der Waals surface area contributed by atoms with Gasteiger partial charge in [0.1, 0.15) is 5.82 Å². The number of likely N-dealkylation sites (N-methyl/N-ethyl adjacent to an activating group) is 1. The molecule has 0 fully saturated rings. The number of nitrogens with zero attached hydrogens (tertiary/aromatic N) is 4. The van der Waals surface area contributed by atoms with Gasteiger partial charge >= 0.3 is 0 Å². The lowest BCUT2D eigenvalue weighted by Crippen LogP contribution is -2.31. The van der Waals surface area contributed by atoms with Crippen molar-refractivity contribution in [3.05, 3.63) is 83.0 Å². The van der Waals surface area contributed by atoms with E-state index in [0.717, 1.165) is 29.3 Å². The van der Waals surface area contributed by atoms with Crippen LogP contribution in [0.1, 0.15) is 27.0 Å². The molecule has 2 N–H and O–H groups in total. The molecule has 2 heterocycles. The van der Waals surface area contributed by atoms with Gasteiger partial charge in [0.15, 0.2) is 5.65 Å². The molecule has 0 atom stereocenters. The van der Waals surface area contributed by atoms with Crippen molar-refractivity contribution in [2.45, 2.75) is 20.4 Å². The van der Waals surface area contributed by atoms with Crippen molar-refractivity contribution in [1.82, 2.24) is 24.8 Å². The number of hydrogen-bond acceptors (Lipinski definition) is 5. The number of nitrogens with one attached hydrogen (secondary N) is 2. The lowest BCUT2D eigenvalue weighted by molar-refractivity contribution is 0.0951. The van der Waals surface area contributed by atoms with E-state index in [4.69, 9.17) is 5.10 Å². The number of anilines is 1. The highest BCUT2D eigenvalue weighted by molar-refractivity contribution is 5.95. The average molecular weight is 443 g/mol. The first kappa shape index (κ1) is 22.5. The van der Waals surface area contributed by atoms with Crippen LogP contribution in [0.3, 0.4) is 0 Å². The molecule has 170 valence electrons. The van der Waals surface area contributed by atoms with Gasteiger partial charge in [0.05, 0.1) is 11.9 Å². The van der Waals surface area contributed by atoms with Gasteiger partial charge in [-0.05, 0) is 63.3 Å². The highest BCUT2D eigenvalue weighted by Crippen LogP contribution is 2.22. The quantitative estimate of drug-likeness (QED) is 0.433. The Bertz CT molecular complexity index is 1280. The first-order chi connectivity index (χ1) is 15.9. The zero-order valence-corrected chi connectivity index (χ0v) is 19.6. The predicted octanol–water partition coefficient (Wildman–Crippen LogP) is 3.92. The van der Waals surface area contributed by atoms with Gasteiger partial charge in [-0.2, -0.15) is 0 Å². The van der Waals surface area contributed by atoms with Crippen LogP contribution in [-0.4, -0.2) is 52.6 Å². The summed E-state index contributed by atoms with van der Waals surface area (Å²) >= 11 is 0. The van der Waals surface area contributed by atoms with Crippen molar-refractivity contribution < 1.29 is 4.79 Å². The SMILES string of the molecule is Cc1ccc(CNc2ccc3ncc(-c4cccc(C(=O)NCCN(C)C)c4)n3n2)c(C)c1. The van der Waals surface area contributed by atoms with Crippen LogP contribution in [0.15, 0.2) is 60.8 Å². The highest BCUT2D eigenvalue weighted by Gasteiger charge is 2.12. The van der Waals surface area contributed by atoms with Crippen molar-refractivity contribution in [2.24, 2.45) is 0 Å². The molecule has 0 radical (unpaired) electrons. The molecule has 0 aliphatic rings. The molecular weight excluding hydrogens is 412 g/mol. The Morgan fingerprint density at radius 1 is 1.06 bits per heavy atom. The fourth-order valence-electron chi connectivity index (χ4n) is 3.71. The molecule has 0 aliphatic carbocycles. The molecule has 4 rings (SSSR count). The van der Waals surface area contributed by atoms with Gasteiger partial charge in [-0.3, -0.25) is 4.79 Å². The van der Waals surface area contributed by atoms with E-state index in [0.29, 0.717) is 18.7 Å². The van der Waals surface area contributed by atoms with Crippen LogP contribution in [0.25, 0.3) is 16.9 Å². The molecule has 7 heteroatoms. The molecule has 4 aromatic rings. The van der Waals surface area contributed by atoms with Crippen molar-refractivity contribution in [3.8, 4) is 11.3 Å². The van der Waals surface area contributed by atoms with Crippen LogP contribution in [0.5, 0.6) is 0 Å². The Balaban J connectivity index is 1.54. The molecule has 1 amide bonds. The normalized spacial score (nSPS) is 11.2. The third kappa shape index (κ3) is 5.38. The molecule has 0 unspecified atom stereocenters. The number of rotatable bonds is 8. The second-order valence-corrected chi connectivity index (χ2v) is 8.56. The number of aromatic nitrogens is 3. The summed E-state index contributed by atoms with van der Waals surface area (Å²) in [6, 6.07) is 17.9. The fraction of sp³-hybridized carbons (Fsp3) is 0.269. The van der Waals surface area contributed by atoms with Gasteiger partial charge in [-0.25, -0.2) is 9.50 Å². The number of fused-ring (bicyclic) bond motifs is 1. The maximum atomic E-state index is 12.6. The highest BCUT2D eigenvalue weighted by atomic mass is 16.1. The Hall–Kier alpha value is -3.71. The first-order valence-electron chi connectivity index (χ1n) is 11.1. The van der Waals surface area contributed by atoms with Gasteiger partial charge in [0.25, 0.3) is 5.91 Å². The molecule has 2 aromatic heterocycles. The van der Waals surface area contributed by atoms with Crippen LogP contribution < -0.4 is 10.6 Å². The van der Waals surface area contributed by atoms with E-state index in [1.807, 2.05) is 59.9 Å². The fourth-order valence-corrected chi connectivity index (χ4v) is 3.71. The van der Waals surface area contributed by atoms with Gasteiger partial charge < -0.3 is 15.5 Å². The summed E-state index contributed by atoms with van der Waals surface area (Å²) in [5.74, 6) is 0.676. The van der Waals surface area contributed by atoms with E-state index in [-0.39, 0.29) is 5.91 Å². The standard InChI is InChI=1S/C26H30N6O/c1-18-8-9-22(19(2)14-18)16-28-24-10-11-25-29-17-23(32(25)30-24)20-6-5-7-21(15-20)26(33)27-12-13-31(3)4/h5-11,14-15,17H,12-13,16H2,1-4H3,(H,27,33)(H,28,30). The number of hydrogen-bond donors (Lipinski definition) is 2. The summed E-state index contributed by atoms with van der Waals surface area (Å²) in [5, 5.41) is 11.1. The van der Waals surface area contributed by atoms with E-state index in [9.17, 15) is 4.79 Å². The topological polar surface area (TPSA) is 74.6 Å². The minimum absolute atomic E-state index is 0.0868. The van der Waals surface area contributed by atoms with Crippen molar-refractivity contribution >= 4 is 17.4 Å². The van der Waals surface area contributed by atoms with Gasteiger partial charge in [-0.1, -0.05) is 35.9 Å². The lowest BCUT2D eigenvalue weighted by Gasteiger charge is -2.11. The van der Waals surface area contributed by atoms with E-state index < -0.39 is 0 Å². The molecular formula is C26H30N6O. The molecule has 0 spiro atoms. The molecule has 0 saturated carbocycles. The van der Waals surface area contributed by atoms with Crippen LogP contribution in [0.4, 0.5) is 5.82 Å². The molecule has 33 heavy (non-hydrogen) atoms. The molecule has 7 nitrogen and oxygen atoms in total. The number of amides is 1.